The Morgan fingerprint density at radius 2 is 2.09 bits per heavy atom. The van der Waals surface area contributed by atoms with Gasteiger partial charge < -0.3 is 9.84 Å². The highest BCUT2D eigenvalue weighted by Gasteiger charge is 2.14. The molecule has 8 nitrogen and oxygen atoms in total. The second-order valence-corrected chi connectivity index (χ2v) is 4.98. The normalized spacial score (nSPS) is 10.7. The van der Waals surface area contributed by atoms with Crippen molar-refractivity contribution in [2.75, 3.05) is 11.9 Å². The first-order valence-electron chi connectivity index (χ1n) is 7.20. The van der Waals surface area contributed by atoms with Crippen LogP contribution in [0.15, 0.2) is 22.9 Å². The van der Waals surface area contributed by atoms with E-state index < -0.39 is 0 Å². The van der Waals surface area contributed by atoms with E-state index in [9.17, 15) is 4.79 Å². The van der Waals surface area contributed by atoms with Gasteiger partial charge in [-0.25, -0.2) is 14.8 Å². The number of amides is 2. The van der Waals surface area contributed by atoms with Gasteiger partial charge in [0.2, 0.25) is 0 Å². The molecule has 0 saturated heterocycles. The Balaban J connectivity index is 1.99. The Morgan fingerprint density at radius 3 is 2.78 bits per heavy atom. The largest absolute Gasteiger partial charge is 0.361 e. The van der Waals surface area contributed by atoms with Crippen LogP contribution in [0.5, 0.6) is 0 Å². The summed E-state index contributed by atoms with van der Waals surface area (Å²) in [5.74, 6) is 1.08. The van der Waals surface area contributed by atoms with Crippen LogP contribution < -0.4 is 10.6 Å². The molecule has 0 radical (unpaired) electrons. The molecule has 0 bridgehead atoms. The minimum atomic E-state index is -0.311. The second-order valence-electron chi connectivity index (χ2n) is 4.98. The number of anilines is 1. The van der Waals surface area contributed by atoms with Gasteiger partial charge in [-0.1, -0.05) is 5.16 Å². The van der Waals surface area contributed by atoms with Crippen LogP contribution in [0.1, 0.15) is 18.4 Å². The first kappa shape index (κ1) is 14.9. The van der Waals surface area contributed by atoms with Crippen LogP contribution in [-0.2, 0) is 0 Å². The smallest absolute Gasteiger partial charge is 0.320 e. The molecule has 2 amide bonds. The van der Waals surface area contributed by atoms with Gasteiger partial charge in [0.1, 0.15) is 17.1 Å². The van der Waals surface area contributed by atoms with Gasteiger partial charge in [0.05, 0.1) is 23.1 Å². The van der Waals surface area contributed by atoms with E-state index in [2.05, 4.69) is 30.7 Å². The number of carbonyl (C=O) groups excluding carboxylic acids is 1. The third-order valence-electron chi connectivity index (χ3n) is 3.28. The second kappa shape index (κ2) is 5.99. The summed E-state index contributed by atoms with van der Waals surface area (Å²) in [7, 11) is 0. The maximum Gasteiger partial charge on any atom is 0.320 e. The van der Waals surface area contributed by atoms with Crippen molar-refractivity contribution in [3.05, 3.63) is 29.8 Å². The van der Waals surface area contributed by atoms with Crippen molar-refractivity contribution in [2.45, 2.75) is 20.8 Å². The van der Waals surface area contributed by atoms with Crippen LogP contribution in [-0.4, -0.2) is 32.7 Å². The molecule has 23 heavy (non-hydrogen) atoms. The molecule has 3 heterocycles. The molecule has 3 rings (SSSR count). The maximum absolute atomic E-state index is 11.6. The van der Waals surface area contributed by atoms with Crippen molar-refractivity contribution in [3.63, 3.8) is 0 Å². The molecule has 0 unspecified atom stereocenters. The van der Waals surface area contributed by atoms with Gasteiger partial charge in [-0.2, -0.15) is 0 Å². The van der Waals surface area contributed by atoms with E-state index in [1.54, 1.807) is 18.3 Å². The standard InChI is InChI=1S/C15H16N6O2/c1-4-16-15(22)20-12-6-5-10-14(19-12)18-11(7-17-10)13-8(2)21-23-9(13)3/h5-7H,4H2,1-3H3,(H2,16,18,19,20,22). The number of aryl methyl sites for hydroxylation is 2. The van der Waals surface area contributed by atoms with Crippen molar-refractivity contribution in [1.29, 1.82) is 0 Å². The van der Waals surface area contributed by atoms with Crippen molar-refractivity contribution < 1.29 is 9.32 Å². The molecule has 0 atom stereocenters. The maximum atomic E-state index is 11.6. The Morgan fingerprint density at radius 1 is 1.26 bits per heavy atom. The van der Waals surface area contributed by atoms with Crippen LogP contribution in [0, 0.1) is 13.8 Å². The molecule has 0 spiro atoms. The molecular weight excluding hydrogens is 296 g/mol. The molecule has 0 fully saturated rings. The van der Waals surface area contributed by atoms with Crippen molar-refractivity contribution >= 4 is 23.0 Å². The molecule has 3 aromatic rings. The molecule has 2 N–H and O–H groups in total. The summed E-state index contributed by atoms with van der Waals surface area (Å²) < 4.78 is 5.16. The number of hydrogen-bond acceptors (Lipinski definition) is 6. The zero-order chi connectivity index (χ0) is 16.4. The van der Waals surface area contributed by atoms with Crippen LogP contribution >= 0.6 is 0 Å². The van der Waals surface area contributed by atoms with E-state index >= 15 is 0 Å². The molecule has 0 aromatic carbocycles. The number of carbonyl (C=O) groups is 1. The minimum Gasteiger partial charge on any atom is -0.361 e. The van der Waals surface area contributed by atoms with E-state index in [1.807, 2.05) is 20.8 Å². The van der Waals surface area contributed by atoms with Gasteiger partial charge in [0, 0.05) is 6.54 Å². The molecule has 0 aliphatic heterocycles. The highest BCUT2D eigenvalue weighted by molar-refractivity contribution is 5.89. The van der Waals surface area contributed by atoms with Crippen molar-refractivity contribution in [2.24, 2.45) is 0 Å². The fourth-order valence-electron chi connectivity index (χ4n) is 2.26. The summed E-state index contributed by atoms with van der Waals surface area (Å²) >= 11 is 0. The number of aromatic nitrogens is 4. The molecular formula is C15H16N6O2. The fourth-order valence-corrected chi connectivity index (χ4v) is 2.26. The van der Waals surface area contributed by atoms with E-state index in [-0.39, 0.29) is 6.03 Å². The fraction of sp³-hybridized carbons (Fsp3) is 0.267. The third-order valence-corrected chi connectivity index (χ3v) is 3.28. The Bertz CT molecular complexity index is 854. The summed E-state index contributed by atoms with van der Waals surface area (Å²) in [6.07, 6.45) is 1.66. The number of pyridine rings is 1. The monoisotopic (exact) mass is 312 g/mol. The van der Waals surface area contributed by atoms with Crippen LogP contribution in [0.4, 0.5) is 10.6 Å². The minimum absolute atomic E-state index is 0.311. The molecule has 0 aliphatic carbocycles. The first-order valence-corrected chi connectivity index (χ1v) is 7.20. The zero-order valence-corrected chi connectivity index (χ0v) is 13.0. The van der Waals surface area contributed by atoms with E-state index in [1.165, 1.54) is 0 Å². The van der Waals surface area contributed by atoms with Gasteiger partial charge in [-0.3, -0.25) is 10.3 Å². The molecule has 118 valence electrons. The quantitative estimate of drug-likeness (QED) is 0.769. The van der Waals surface area contributed by atoms with Gasteiger partial charge >= 0.3 is 6.03 Å². The number of rotatable bonds is 3. The number of urea groups is 1. The van der Waals surface area contributed by atoms with E-state index in [0.717, 1.165) is 11.3 Å². The summed E-state index contributed by atoms with van der Waals surface area (Å²) in [4.78, 5) is 24.8. The Labute approximate surface area is 132 Å². The van der Waals surface area contributed by atoms with E-state index in [4.69, 9.17) is 4.52 Å². The highest BCUT2D eigenvalue weighted by Crippen LogP contribution is 2.25. The molecule has 8 heteroatoms. The lowest BCUT2D eigenvalue weighted by Crippen LogP contribution is -2.28. The first-order chi connectivity index (χ1) is 11.1. The lowest BCUT2D eigenvalue weighted by atomic mass is 10.1. The van der Waals surface area contributed by atoms with Gasteiger partial charge in [0.15, 0.2) is 5.65 Å². The van der Waals surface area contributed by atoms with Gasteiger partial charge in [-0.05, 0) is 32.9 Å². The van der Waals surface area contributed by atoms with Gasteiger partial charge in [-0.15, -0.1) is 0 Å². The van der Waals surface area contributed by atoms with Crippen molar-refractivity contribution in [3.8, 4) is 11.3 Å². The Hall–Kier alpha value is -3.03. The third kappa shape index (κ3) is 2.96. The van der Waals surface area contributed by atoms with Crippen LogP contribution in [0.2, 0.25) is 0 Å². The summed E-state index contributed by atoms with van der Waals surface area (Å²) in [6.45, 7) is 6.05. The predicted octanol–water partition coefficient (Wildman–Crippen LogP) is 2.44. The summed E-state index contributed by atoms with van der Waals surface area (Å²) in [6, 6.07) is 3.13. The lowest BCUT2D eigenvalue weighted by Gasteiger charge is -2.06. The number of nitrogens with zero attached hydrogens (tertiary/aromatic N) is 4. The van der Waals surface area contributed by atoms with E-state index in [0.29, 0.717) is 35.0 Å². The molecule has 3 aromatic heterocycles. The highest BCUT2D eigenvalue weighted by atomic mass is 16.5. The topological polar surface area (TPSA) is 106 Å². The molecule has 0 aliphatic rings. The predicted molar refractivity (Wildman–Crippen MR) is 85.0 cm³/mol. The average molecular weight is 312 g/mol. The Kier molecular flexibility index (Phi) is 3.88. The number of hydrogen-bond donors (Lipinski definition) is 2. The van der Waals surface area contributed by atoms with Crippen LogP contribution in [0.25, 0.3) is 22.4 Å². The lowest BCUT2D eigenvalue weighted by molar-refractivity contribution is 0.252. The molecule has 0 saturated carbocycles. The number of fused-ring (bicyclic) bond motifs is 1. The average Bonchev–Trinajstić information content (AvgIpc) is 2.86. The summed E-state index contributed by atoms with van der Waals surface area (Å²) in [5.41, 5.74) is 3.27. The SMILES string of the molecule is CCNC(=O)Nc1ccc2ncc(-c3c(C)noc3C)nc2n1. The summed E-state index contributed by atoms with van der Waals surface area (Å²) in [5, 5.41) is 9.22. The number of nitrogens with one attached hydrogen (secondary N) is 2. The van der Waals surface area contributed by atoms with Crippen LogP contribution in [0.3, 0.4) is 0 Å². The van der Waals surface area contributed by atoms with Crippen molar-refractivity contribution in [1.82, 2.24) is 25.4 Å². The van der Waals surface area contributed by atoms with Gasteiger partial charge in [0.25, 0.3) is 0 Å². The zero-order valence-electron chi connectivity index (χ0n) is 13.0.